The van der Waals surface area contributed by atoms with E-state index in [0.717, 1.165) is 11.3 Å². The monoisotopic (exact) mass is 373 g/mol. The van der Waals surface area contributed by atoms with E-state index in [2.05, 4.69) is 25.7 Å². The summed E-state index contributed by atoms with van der Waals surface area (Å²) < 4.78 is 0. The average molecular weight is 373 g/mol. The number of hydrogen-bond donors (Lipinski definition) is 2. The average Bonchev–Trinajstić information content (AvgIpc) is 2.73. The van der Waals surface area contributed by atoms with Crippen LogP contribution in [0.15, 0.2) is 29.3 Å². The van der Waals surface area contributed by atoms with Gasteiger partial charge in [0.2, 0.25) is 0 Å². The van der Waals surface area contributed by atoms with Gasteiger partial charge in [0.05, 0.1) is 7.05 Å². The first-order valence-corrected chi connectivity index (χ1v) is 5.50. The Morgan fingerprint density at radius 2 is 2.26 bits per heavy atom. The highest BCUT2D eigenvalue weighted by Gasteiger charge is 1.99. The summed E-state index contributed by atoms with van der Waals surface area (Å²) in [6, 6.07) is 7.88. The number of nitrogens with two attached hydrogens (primary N) is 1. The number of rotatable bonds is 3. The van der Waals surface area contributed by atoms with E-state index in [-0.39, 0.29) is 24.0 Å². The van der Waals surface area contributed by atoms with Gasteiger partial charge in [0.15, 0.2) is 11.8 Å². The summed E-state index contributed by atoms with van der Waals surface area (Å²) in [4.78, 5) is 5.52. The molecular formula is C11H16IN7. The number of anilines is 1. The van der Waals surface area contributed by atoms with Crippen LogP contribution in [0.5, 0.6) is 0 Å². The van der Waals surface area contributed by atoms with Crippen molar-refractivity contribution < 1.29 is 0 Å². The molecule has 0 spiro atoms. The summed E-state index contributed by atoms with van der Waals surface area (Å²) in [5, 5.41) is 14.5. The molecule has 0 unspecified atom stereocenters. The molecule has 0 saturated heterocycles. The molecule has 0 amide bonds. The van der Waals surface area contributed by atoms with Crippen molar-refractivity contribution in [2.24, 2.45) is 17.8 Å². The lowest BCUT2D eigenvalue weighted by molar-refractivity contribution is 0.627. The quantitative estimate of drug-likeness (QED) is 0.477. The molecule has 1 aromatic carbocycles. The maximum Gasteiger partial charge on any atom is 0.196 e. The summed E-state index contributed by atoms with van der Waals surface area (Å²) in [7, 11) is 1.70. The highest BCUT2D eigenvalue weighted by atomic mass is 127. The van der Waals surface area contributed by atoms with E-state index < -0.39 is 0 Å². The molecular weight excluding hydrogens is 357 g/mol. The number of aliphatic imine (C=N–C) groups is 1. The first kappa shape index (κ1) is 15.3. The Bertz CT molecular complexity index is 564. The Morgan fingerprint density at radius 3 is 2.89 bits per heavy atom. The summed E-state index contributed by atoms with van der Waals surface area (Å²) in [5.41, 5.74) is 7.83. The maximum atomic E-state index is 5.77. The molecule has 8 heteroatoms. The summed E-state index contributed by atoms with van der Waals surface area (Å²) in [5.74, 6) is 0.861. The van der Waals surface area contributed by atoms with Gasteiger partial charge in [-0.3, -0.25) is 0 Å². The van der Waals surface area contributed by atoms with Gasteiger partial charge in [-0.15, -0.1) is 34.2 Å². The molecule has 0 saturated carbocycles. The van der Waals surface area contributed by atoms with Crippen LogP contribution < -0.4 is 11.1 Å². The molecule has 0 bridgehead atoms. The predicted octanol–water partition coefficient (Wildman–Crippen LogP) is 1.06. The number of benzene rings is 1. The van der Waals surface area contributed by atoms with Gasteiger partial charge < -0.3 is 11.1 Å². The second-order valence-electron chi connectivity index (χ2n) is 3.89. The normalized spacial score (nSPS) is 10.9. The van der Waals surface area contributed by atoms with Gasteiger partial charge in [-0.2, -0.15) is 4.80 Å². The topological polar surface area (TPSA) is 94.0 Å². The van der Waals surface area contributed by atoms with Crippen molar-refractivity contribution in [1.82, 2.24) is 20.2 Å². The molecule has 1 heterocycles. The lowest BCUT2D eigenvalue weighted by Crippen LogP contribution is -2.22. The van der Waals surface area contributed by atoms with E-state index in [4.69, 9.17) is 5.73 Å². The molecule has 0 radical (unpaired) electrons. The van der Waals surface area contributed by atoms with Crippen LogP contribution in [0, 0.1) is 6.92 Å². The molecule has 1 aromatic heterocycles. The summed E-state index contributed by atoms with van der Waals surface area (Å²) in [6.45, 7) is 2.32. The van der Waals surface area contributed by atoms with Crippen LogP contribution in [-0.2, 0) is 13.6 Å². The highest BCUT2D eigenvalue weighted by molar-refractivity contribution is 14.0. The largest absolute Gasteiger partial charge is 0.370 e. The third kappa shape index (κ3) is 4.81. The maximum absolute atomic E-state index is 5.77. The van der Waals surface area contributed by atoms with E-state index in [1.807, 2.05) is 31.2 Å². The number of guanidine groups is 1. The fourth-order valence-electron chi connectivity index (χ4n) is 1.45. The third-order valence-corrected chi connectivity index (χ3v) is 2.23. The summed E-state index contributed by atoms with van der Waals surface area (Å²) in [6.07, 6.45) is 0. The molecule has 102 valence electrons. The van der Waals surface area contributed by atoms with Crippen molar-refractivity contribution in [1.29, 1.82) is 0 Å². The van der Waals surface area contributed by atoms with Gasteiger partial charge >= 0.3 is 0 Å². The van der Waals surface area contributed by atoms with Crippen LogP contribution in [0.2, 0.25) is 0 Å². The van der Waals surface area contributed by atoms with Gasteiger partial charge in [0.25, 0.3) is 0 Å². The molecule has 2 aromatic rings. The standard InChI is InChI=1S/C11H15N7.HI/c1-8-4-3-5-9(6-8)14-11(12)13-7-10-15-17-18(2)16-10;/h3-6H,7H2,1-2H3,(H3,12,13,14);1H. The Balaban J connectivity index is 0.00000180. The van der Waals surface area contributed by atoms with Gasteiger partial charge in [-0.1, -0.05) is 12.1 Å². The molecule has 0 aliphatic rings. The predicted molar refractivity (Wildman–Crippen MR) is 84.3 cm³/mol. The Hall–Kier alpha value is -1.71. The number of tetrazole rings is 1. The zero-order valence-electron chi connectivity index (χ0n) is 10.7. The number of halogens is 1. The summed E-state index contributed by atoms with van der Waals surface area (Å²) >= 11 is 0. The van der Waals surface area contributed by atoms with E-state index in [1.165, 1.54) is 4.80 Å². The fourth-order valence-corrected chi connectivity index (χ4v) is 1.45. The van der Waals surface area contributed by atoms with Crippen molar-refractivity contribution in [3.8, 4) is 0 Å². The van der Waals surface area contributed by atoms with Crippen molar-refractivity contribution in [3.63, 3.8) is 0 Å². The van der Waals surface area contributed by atoms with E-state index >= 15 is 0 Å². The van der Waals surface area contributed by atoms with Crippen molar-refractivity contribution in [2.75, 3.05) is 5.32 Å². The smallest absolute Gasteiger partial charge is 0.196 e. The number of aromatic nitrogens is 4. The van der Waals surface area contributed by atoms with E-state index in [0.29, 0.717) is 18.3 Å². The molecule has 0 aliphatic carbocycles. The molecule has 0 fully saturated rings. The van der Waals surface area contributed by atoms with Gasteiger partial charge in [-0.05, 0) is 29.8 Å². The number of nitrogens with zero attached hydrogens (tertiary/aromatic N) is 5. The lowest BCUT2D eigenvalue weighted by Gasteiger charge is -2.05. The Labute approximate surface area is 128 Å². The molecule has 3 N–H and O–H groups in total. The molecule has 19 heavy (non-hydrogen) atoms. The Morgan fingerprint density at radius 1 is 1.47 bits per heavy atom. The van der Waals surface area contributed by atoms with Gasteiger partial charge in [-0.25, -0.2) is 4.99 Å². The minimum atomic E-state index is 0. The third-order valence-electron chi connectivity index (χ3n) is 2.23. The number of aryl methyl sites for hydroxylation is 2. The lowest BCUT2D eigenvalue weighted by atomic mass is 10.2. The highest BCUT2D eigenvalue weighted by Crippen LogP contribution is 2.08. The first-order valence-electron chi connectivity index (χ1n) is 5.50. The number of nitrogens with one attached hydrogen (secondary N) is 1. The molecule has 7 nitrogen and oxygen atoms in total. The van der Waals surface area contributed by atoms with Gasteiger partial charge in [0, 0.05) is 5.69 Å². The second kappa shape index (κ2) is 7.02. The van der Waals surface area contributed by atoms with Crippen LogP contribution in [0.3, 0.4) is 0 Å². The van der Waals surface area contributed by atoms with Crippen LogP contribution in [0.25, 0.3) is 0 Å². The van der Waals surface area contributed by atoms with Crippen LogP contribution in [0.4, 0.5) is 5.69 Å². The number of hydrogen-bond acceptors (Lipinski definition) is 4. The Kier molecular flexibility index (Phi) is 5.67. The first-order chi connectivity index (χ1) is 8.63. The van der Waals surface area contributed by atoms with Crippen molar-refractivity contribution in [2.45, 2.75) is 13.5 Å². The molecule has 2 rings (SSSR count). The minimum Gasteiger partial charge on any atom is -0.370 e. The molecule has 0 aliphatic heterocycles. The van der Waals surface area contributed by atoms with E-state index in [1.54, 1.807) is 7.05 Å². The van der Waals surface area contributed by atoms with Crippen LogP contribution >= 0.6 is 24.0 Å². The second-order valence-corrected chi connectivity index (χ2v) is 3.89. The minimum absolute atomic E-state index is 0. The molecule has 0 atom stereocenters. The van der Waals surface area contributed by atoms with E-state index in [9.17, 15) is 0 Å². The fraction of sp³-hybridized carbons (Fsp3) is 0.273. The zero-order valence-corrected chi connectivity index (χ0v) is 13.1. The van der Waals surface area contributed by atoms with Crippen LogP contribution in [0.1, 0.15) is 11.4 Å². The zero-order chi connectivity index (χ0) is 13.0. The SMILES string of the molecule is Cc1cccc(NC(N)=NCc2nnn(C)n2)c1.I. The van der Waals surface area contributed by atoms with Gasteiger partial charge in [0.1, 0.15) is 6.54 Å². The van der Waals surface area contributed by atoms with Crippen molar-refractivity contribution in [3.05, 3.63) is 35.7 Å². The van der Waals surface area contributed by atoms with Crippen LogP contribution in [-0.4, -0.2) is 26.2 Å². The van der Waals surface area contributed by atoms with Crippen molar-refractivity contribution >= 4 is 35.6 Å².